The first kappa shape index (κ1) is 19.6. The van der Waals surface area contributed by atoms with Crippen LogP contribution < -0.4 is 17.0 Å². The van der Waals surface area contributed by atoms with Gasteiger partial charge in [-0.15, -0.1) is 0 Å². The Morgan fingerprint density at radius 2 is 1.96 bits per heavy atom. The summed E-state index contributed by atoms with van der Waals surface area (Å²) < 4.78 is 1.27. The molecule has 9 heteroatoms. The van der Waals surface area contributed by atoms with Crippen molar-refractivity contribution in [2.24, 2.45) is 12.8 Å². The molecule has 0 aliphatic carbocycles. The number of H-pyrrole nitrogens is 2. The minimum absolute atomic E-state index is 0.0134. The standard InChI is InChI=1S/C19H24N6O3/c1-24-17-16(18(27)23-19(24)28)21-14(22-17)8-9-15(26)25(11-5-10-20)12-13-6-3-2-4-7-13/h2-4,6-7H,5,8-12,20H2,1H3,(H,21,22)(H,23,27,28). The van der Waals surface area contributed by atoms with Crippen molar-refractivity contribution in [2.75, 3.05) is 13.1 Å². The van der Waals surface area contributed by atoms with E-state index in [-0.39, 0.29) is 23.5 Å². The summed E-state index contributed by atoms with van der Waals surface area (Å²) in [6.07, 6.45) is 1.30. The molecule has 0 aliphatic heterocycles. The summed E-state index contributed by atoms with van der Waals surface area (Å²) in [5.41, 5.74) is 6.13. The van der Waals surface area contributed by atoms with E-state index in [1.54, 1.807) is 4.90 Å². The van der Waals surface area contributed by atoms with Gasteiger partial charge in [0.2, 0.25) is 5.91 Å². The zero-order valence-electron chi connectivity index (χ0n) is 15.8. The number of rotatable bonds is 8. The third-order valence-electron chi connectivity index (χ3n) is 4.58. The molecule has 3 rings (SSSR count). The van der Waals surface area contributed by atoms with Crippen molar-refractivity contribution < 1.29 is 4.79 Å². The van der Waals surface area contributed by atoms with Gasteiger partial charge in [-0.1, -0.05) is 30.3 Å². The Labute approximate surface area is 161 Å². The molecule has 4 N–H and O–H groups in total. The number of nitrogens with two attached hydrogens (primary N) is 1. The molecular weight excluding hydrogens is 360 g/mol. The third-order valence-corrected chi connectivity index (χ3v) is 4.58. The van der Waals surface area contributed by atoms with Gasteiger partial charge in [0.15, 0.2) is 5.65 Å². The van der Waals surface area contributed by atoms with Crippen LogP contribution in [0.4, 0.5) is 0 Å². The highest BCUT2D eigenvalue weighted by molar-refractivity contribution is 5.76. The normalized spacial score (nSPS) is 11.1. The molecule has 0 saturated carbocycles. The number of imidazole rings is 1. The lowest BCUT2D eigenvalue weighted by Crippen LogP contribution is -2.32. The van der Waals surface area contributed by atoms with E-state index in [0.717, 1.165) is 12.0 Å². The van der Waals surface area contributed by atoms with Gasteiger partial charge < -0.3 is 15.6 Å². The minimum Gasteiger partial charge on any atom is -0.338 e. The maximum atomic E-state index is 12.8. The second-order valence-corrected chi connectivity index (χ2v) is 6.64. The Morgan fingerprint density at radius 3 is 2.68 bits per heavy atom. The number of aromatic amines is 2. The summed E-state index contributed by atoms with van der Waals surface area (Å²) in [6, 6.07) is 9.78. The Kier molecular flexibility index (Phi) is 6.05. The number of nitrogens with zero attached hydrogens (tertiary/aromatic N) is 3. The fraction of sp³-hybridized carbons (Fsp3) is 0.368. The average molecular weight is 384 g/mol. The van der Waals surface area contributed by atoms with E-state index in [2.05, 4.69) is 15.0 Å². The summed E-state index contributed by atoms with van der Waals surface area (Å²) in [5, 5.41) is 0. The zero-order valence-corrected chi connectivity index (χ0v) is 15.8. The van der Waals surface area contributed by atoms with Crippen molar-refractivity contribution in [3.8, 4) is 0 Å². The summed E-state index contributed by atoms with van der Waals surface area (Å²) >= 11 is 0. The molecule has 0 aliphatic rings. The van der Waals surface area contributed by atoms with Gasteiger partial charge >= 0.3 is 5.69 Å². The number of hydrogen-bond donors (Lipinski definition) is 3. The first-order valence-electron chi connectivity index (χ1n) is 9.19. The molecule has 2 aromatic heterocycles. The molecular formula is C19H24N6O3. The Bertz CT molecular complexity index is 1070. The van der Waals surface area contributed by atoms with Crippen LogP contribution in [0, 0.1) is 0 Å². The lowest BCUT2D eigenvalue weighted by molar-refractivity contribution is -0.131. The molecule has 0 unspecified atom stereocenters. The summed E-state index contributed by atoms with van der Waals surface area (Å²) in [7, 11) is 1.53. The van der Waals surface area contributed by atoms with Crippen LogP contribution >= 0.6 is 0 Å². The monoisotopic (exact) mass is 384 g/mol. The highest BCUT2D eigenvalue weighted by Crippen LogP contribution is 2.10. The van der Waals surface area contributed by atoms with E-state index in [1.165, 1.54) is 11.6 Å². The van der Waals surface area contributed by atoms with Crippen LogP contribution in [0.5, 0.6) is 0 Å². The number of aryl methyl sites for hydroxylation is 2. The van der Waals surface area contributed by atoms with Crippen LogP contribution in [-0.4, -0.2) is 43.4 Å². The van der Waals surface area contributed by atoms with Gasteiger partial charge in [-0.05, 0) is 18.5 Å². The van der Waals surface area contributed by atoms with Gasteiger partial charge in [0.1, 0.15) is 11.3 Å². The largest absolute Gasteiger partial charge is 0.338 e. The van der Waals surface area contributed by atoms with Gasteiger partial charge in [-0.25, -0.2) is 9.78 Å². The number of nitrogens with one attached hydrogen (secondary N) is 2. The molecule has 0 saturated heterocycles. The Balaban J connectivity index is 1.72. The van der Waals surface area contributed by atoms with E-state index in [4.69, 9.17) is 5.73 Å². The fourth-order valence-electron chi connectivity index (χ4n) is 3.03. The Morgan fingerprint density at radius 1 is 1.21 bits per heavy atom. The second-order valence-electron chi connectivity index (χ2n) is 6.64. The van der Waals surface area contributed by atoms with Crippen LogP contribution in [0.15, 0.2) is 39.9 Å². The van der Waals surface area contributed by atoms with Crippen molar-refractivity contribution in [2.45, 2.75) is 25.8 Å². The molecule has 9 nitrogen and oxygen atoms in total. The van der Waals surface area contributed by atoms with Gasteiger partial charge in [0, 0.05) is 33.0 Å². The number of aromatic nitrogens is 4. The van der Waals surface area contributed by atoms with Gasteiger partial charge in [-0.2, -0.15) is 0 Å². The van der Waals surface area contributed by atoms with Crippen molar-refractivity contribution in [1.82, 2.24) is 24.4 Å². The quantitative estimate of drug-likeness (QED) is 0.513. The molecule has 28 heavy (non-hydrogen) atoms. The number of hydrogen-bond acceptors (Lipinski definition) is 5. The molecule has 1 amide bonds. The predicted octanol–water partition coefficient (Wildman–Crippen LogP) is 0.260. The number of carbonyl (C=O) groups is 1. The van der Waals surface area contributed by atoms with Gasteiger partial charge in [0.05, 0.1) is 0 Å². The van der Waals surface area contributed by atoms with Crippen LogP contribution in [0.3, 0.4) is 0 Å². The molecule has 0 radical (unpaired) electrons. The lowest BCUT2D eigenvalue weighted by Gasteiger charge is -2.22. The number of amides is 1. The van der Waals surface area contributed by atoms with Crippen molar-refractivity contribution in [3.63, 3.8) is 0 Å². The number of carbonyl (C=O) groups excluding carboxylic acids is 1. The molecule has 2 heterocycles. The zero-order chi connectivity index (χ0) is 20.1. The van der Waals surface area contributed by atoms with Crippen LogP contribution in [-0.2, 0) is 24.8 Å². The first-order valence-corrected chi connectivity index (χ1v) is 9.19. The van der Waals surface area contributed by atoms with Crippen LogP contribution in [0.2, 0.25) is 0 Å². The van der Waals surface area contributed by atoms with Gasteiger partial charge in [0.25, 0.3) is 5.56 Å². The second kappa shape index (κ2) is 8.66. The number of fused-ring (bicyclic) bond motifs is 1. The van der Waals surface area contributed by atoms with E-state index < -0.39 is 11.2 Å². The molecule has 148 valence electrons. The molecule has 0 spiro atoms. The fourth-order valence-corrected chi connectivity index (χ4v) is 3.03. The first-order chi connectivity index (χ1) is 13.5. The molecule has 0 fully saturated rings. The van der Waals surface area contributed by atoms with E-state index in [0.29, 0.717) is 31.9 Å². The molecule has 0 atom stereocenters. The SMILES string of the molecule is Cn1c(=O)[nH]c(=O)c2[nH]c(CCC(=O)N(CCCN)Cc3ccccc3)nc21. The van der Waals surface area contributed by atoms with Crippen LogP contribution in [0.25, 0.3) is 11.2 Å². The third kappa shape index (κ3) is 4.37. The van der Waals surface area contributed by atoms with E-state index >= 15 is 0 Å². The summed E-state index contributed by atoms with van der Waals surface area (Å²) in [5.74, 6) is 0.481. The molecule has 1 aromatic carbocycles. The number of benzene rings is 1. The topological polar surface area (TPSA) is 130 Å². The van der Waals surface area contributed by atoms with Crippen molar-refractivity contribution >= 4 is 17.1 Å². The lowest BCUT2D eigenvalue weighted by atomic mass is 10.2. The van der Waals surface area contributed by atoms with Gasteiger partial charge in [-0.3, -0.25) is 19.1 Å². The maximum absolute atomic E-state index is 12.8. The highest BCUT2D eigenvalue weighted by Gasteiger charge is 2.16. The molecule has 0 bridgehead atoms. The molecule has 3 aromatic rings. The highest BCUT2D eigenvalue weighted by atomic mass is 16.2. The van der Waals surface area contributed by atoms with Crippen LogP contribution in [0.1, 0.15) is 24.2 Å². The summed E-state index contributed by atoms with van der Waals surface area (Å²) in [4.78, 5) is 47.6. The van der Waals surface area contributed by atoms with E-state index in [9.17, 15) is 14.4 Å². The minimum atomic E-state index is -0.526. The Hall–Kier alpha value is -3.20. The summed E-state index contributed by atoms with van der Waals surface area (Å²) in [6.45, 7) is 1.62. The smallest absolute Gasteiger partial charge is 0.329 e. The predicted molar refractivity (Wildman–Crippen MR) is 106 cm³/mol. The van der Waals surface area contributed by atoms with E-state index in [1.807, 2.05) is 30.3 Å². The maximum Gasteiger partial charge on any atom is 0.329 e. The average Bonchev–Trinajstić information content (AvgIpc) is 3.13. The van der Waals surface area contributed by atoms with Crippen molar-refractivity contribution in [1.29, 1.82) is 0 Å². The van der Waals surface area contributed by atoms with Crippen molar-refractivity contribution in [3.05, 3.63) is 62.6 Å².